The summed E-state index contributed by atoms with van der Waals surface area (Å²) in [5.41, 5.74) is -0.0877. The van der Waals surface area contributed by atoms with Gasteiger partial charge in [0.1, 0.15) is 17.2 Å². The molecule has 1 N–H and O–H groups in total. The molecule has 1 saturated heterocycles. The summed E-state index contributed by atoms with van der Waals surface area (Å²) < 4.78 is 31.0. The molecule has 14 heteroatoms. The summed E-state index contributed by atoms with van der Waals surface area (Å²) >= 11 is 6.70. The van der Waals surface area contributed by atoms with Gasteiger partial charge in [-0.3, -0.25) is 14.4 Å². The minimum Gasteiger partial charge on any atom is -0.476 e. The van der Waals surface area contributed by atoms with Gasteiger partial charge in [-0.05, 0) is 123 Å². The van der Waals surface area contributed by atoms with Crippen molar-refractivity contribution in [3.63, 3.8) is 0 Å². The van der Waals surface area contributed by atoms with Crippen molar-refractivity contribution in [1.82, 2.24) is 0 Å². The highest BCUT2D eigenvalue weighted by atomic mass is 79.9. The first-order valence-corrected chi connectivity index (χ1v) is 18.5. The summed E-state index contributed by atoms with van der Waals surface area (Å²) in [6, 6.07) is 16.9. The molecule has 1 fully saturated rings. The molecule has 278 valence electrons. The molecule has 4 heterocycles. The van der Waals surface area contributed by atoms with Crippen LogP contribution in [0.3, 0.4) is 0 Å². The number of nitrogens with zero attached hydrogens (tertiary/aromatic N) is 2. The smallest absolute Gasteiger partial charge is 0.476 e. The second kappa shape index (κ2) is 13.7. The van der Waals surface area contributed by atoms with Crippen LogP contribution in [0.25, 0.3) is 0 Å². The molecule has 3 aromatic carbocycles. The number of rotatable bonds is 1. The molecule has 7 rings (SSSR count). The lowest BCUT2D eigenvalue weighted by atomic mass is 9.78. The van der Waals surface area contributed by atoms with Gasteiger partial charge in [0.2, 0.25) is 0 Å². The summed E-state index contributed by atoms with van der Waals surface area (Å²) in [4.78, 5) is 39.1. The molecule has 0 atom stereocenters. The summed E-state index contributed by atoms with van der Waals surface area (Å²) in [7, 11) is 3.07. The van der Waals surface area contributed by atoms with E-state index < -0.39 is 35.1 Å². The monoisotopic (exact) mass is 841 g/mol. The summed E-state index contributed by atoms with van der Waals surface area (Å²) in [5.74, 6) is 1.91. The zero-order chi connectivity index (χ0) is 38.8. The normalized spacial score (nSPS) is 21.0. The van der Waals surface area contributed by atoms with E-state index >= 15 is 0 Å². The molecule has 0 radical (unpaired) electrons. The van der Waals surface area contributed by atoms with E-state index in [1.165, 1.54) is 0 Å². The van der Waals surface area contributed by atoms with Crippen LogP contribution in [-0.4, -0.2) is 66.9 Å². The van der Waals surface area contributed by atoms with Gasteiger partial charge in [0, 0.05) is 23.0 Å². The molecule has 4 aliphatic heterocycles. The fourth-order valence-electron chi connectivity index (χ4n) is 5.79. The number of halogens is 2. The zero-order valence-corrected chi connectivity index (χ0v) is 34.9. The third-order valence-corrected chi connectivity index (χ3v) is 10.6. The summed E-state index contributed by atoms with van der Waals surface area (Å²) in [5, 5.41) is 2.80. The molecular formula is C38H46BBr2N3O8. The van der Waals surface area contributed by atoms with Gasteiger partial charge in [-0.25, -0.2) is 0 Å². The topological polar surface area (TPSA) is 116 Å². The molecule has 3 amide bonds. The Bertz CT molecular complexity index is 1910. The lowest BCUT2D eigenvalue weighted by Gasteiger charge is -2.37. The van der Waals surface area contributed by atoms with E-state index in [0.29, 0.717) is 17.2 Å². The van der Waals surface area contributed by atoms with Crippen LogP contribution in [0.15, 0.2) is 63.5 Å². The van der Waals surface area contributed by atoms with Crippen molar-refractivity contribution in [1.29, 1.82) is 0 Å². The Morgan fingerprint density at radius 2 is 1.00 bits per heavy atom. The fraction of sp³-hybridized carbons (Fsp3) is 0.447. The molecule has 4 aliphatic rings. The number of hydrogen-bond acceptors (Lipinski definition) is 8. The van der Waals surface area contributed by atoms with Gasteiger partial charge < -0.3 is 38.6 Å². The van der Waals surface area contributed by atoms with Crippen LogP contribution in [0.4, 0.5) is 17.1 Å². The van der Waals surface area contributed by atoms with Crippen molar-refractivity contribution in [3.8, 4) is 17.2 Å². The molecule has 0 bridgehead atoms. The molecule has 0 spiro atoms. The van der Waals surface area contributed by atoms with Crippen LogP contribution < -0.4 is 34.8 Å². The van der Waals surface area contributed by atoms with Gasteiger partial charge in [0.25, 0.3) is 17.7 Å². The van der Waals surface area contributed by atoms with E-state index in [1.807, 2.05) is 82.3 Å². The van der Waals surface area contributed by atoms with Gasteiger partial charge >= 0.3 is 7.12 Å². The Labute approximate surface area is 323 Å². The Morgan fingerprint density at radius 1 is 0.577 bits per heavy atom. The van der Waals surface area contributed by atoms with Crippen LogP contribution in [0, 0.1) is 0 Å². The molecule has 0 aromatic heterocycles. The standard InChI is InChI=1S/C17H24BNO4.C11H12BrNO2.C10H10BrNO2/c1-15(2)14(20)19(7)12-10-11(8-9-13(12)21-15)18-22-16(3,4)17(5,6)23-18;1-11(2)10(14)13(3)8-6-7(12)4-5-9(8)15-11;1-10(2)9(13)12-7-5-6(11)3-4-8(7)14-10/h8-10H,1-7H3;4-6H,1-3H3;3-5H,1-2H3,(H,12,13). The average Bonchev–Trinajstić information content (AvgIpc) is 3.26. The largest absolute Gasteiger partial charge is 0.494 e. The van der Waals surface area contributed by atoms with Gasteiger partial charge in [0.15, 0.2) is 16.8 Å². The van der Waals surface area contributed by atoms with E-state index in [4.69, 9.17) is 23.5 Å². The number of fused-ring (bicyclic) bond motifs is 3. The van der Waals surface area contributed by atoms with Gasteiger partial charge in [-0.15, -0.1) is 0 Å². The fourth-order valence-corrected chi connectivity index (χ4v) is 6.50. The van der Waals surface area contributed by atoms with E-state index in [9.17, 15) is 14.4 Å². The van der Waals surface area contributed by atoms with Crippen LogP contribution in [-0.2, 0) is 23.7 Å². The number of carbonyl (C=O) groups is 3. The average molecular weight is 843 g/mol. The number of anilines is 3. The van der Waals surface area contributed by atoms with E-state index in [1.54, 1.807) is 65.4 Å². The number of hydrogen-bond donors (Lipinski definition) is 1. The van der Waals surface area contributed by atoms with Gasteiger partial charge in [0.05, 0.1) is 28.3 Å². The van der Waals surface area contributed by atoms with Crippen molar-refractivity contribution in [2.75, 3.05) is 29.2 Å². The third-order valence-electron chi connectivity index (χ3n) is 9.62. The number of likely N-dealkylation sites (N-methyl/N-ethyl adjacent to an activating group) is 2. The minimum atomic E-state index is -0.854. The molecule has 52 heavy (non-hydrogen) atoms. The predicted octanol–water partition coefficient (Wildman–Crippen LogP) is 7.26. The SMILES string of the molecule is CC1(C)Oc2ccc(Br)cc2NC1=O.CN1C(=O)C(C)(C)Oc2ccc(B3OC(C)(C)C(C)(C)O3)cc21.CN1C(=O)C(C)(C)Oc2ccc(Br)cc21. The molecule has 0 unspecified atom stereocenters. The van der Waals surface area contributed by atoms with Crippen LogP contribution in [0.1, 0.15) is 69.2 Å². The quantitative estimate of drug-likeness (QED) is 0.255. The van der Waals surface area contributed by atoms with E-state index in [0.717, 1.165) is 31.5 Å². The maximum absolute atomic E-state index is 12.4. The molecule has 3 aromatic rings. The Hall–Kier alpha value is -3.59. The second-order valence-electron chi connectivity index (χ2n) is 15.6. The molecular weight excluding hydrogens is 797 g/mol. The van der Waals surface area contributed by atoms with E-state index in [-0.39, 0.29) is 17.7 Å². The van der Waals surface area contributed by atoms with Crippen molar-refractivity contribution in [2.45, 2.75) is 97.2 Å². The first-order chi connectivity index (χ1) is 23.8. The molecule has 0 aliphatic carbocycles. The van der Waals surface area contributed by atoms with Crippen molar-refractivity contribution < 1.29 is 37.9 Å². The number of carbonyl (C=O) groups excluding carboxylic acids is 3. The number of nitrogens with one attached hydrogen (secondary N) is 1. The highest BCUT2D eigenvalue weighted by Crippen LogP contribution is 2.41. The van der Waals surface area contributed by atoms with Crippen molar-refractivity contribution >= 4 is 79.2 Å². The lowest BCUT2D eigenvalue weighted by Crippen LogP contribution is -2.51. The highest BCUT2D eigenvalue weighted by molar-refractivity contribution is 9.10. The number of ether oxygens (including phenoxy) is 3. The van der Waals surface area contributed by atoms with Gasteiger partial charge in [-0.2, -0.15) is 0 Å². The van der Waals surface area contributed by atoms with E-state index in [2.05, 4.69) is 37.2 Å². The molecule has 11 nitrogen and oxygen atoms in total. The van der Waals surface area contributed by atoms with Gasteiger partial charge in [-0.1, -0.05) is 37.9 Å². The first-order valence-electron chi connectivity index (χ1n) is 16.9. The Balaban J connectivity index is 0.000000158. The lowest BCUT2D eigenvalue weighted by molar-refractivity contribution is -0.132. The third kappa shape index (κ3) is 7.71. The summed E-state index contributed by atoms with van der Waals surface area (Å²) in [6.07, 6.45) is 0. The zero-order valence-electron chi connectivity index (χ0n) is 31.7. The maximum Gasteiger partial charge on any atom is 0.494 e. The number of amides is 3. The maximum atomic E-state index is 12.4. The minimum absolute atomic E-state index is 0.0342. The first kappa shape index (κ1) is 39.6. The van der Waals surface area contributed by atoms with Crippen LogP contribution in [0.2, 0.25) is 0 Å². The number of benzene rings is 3. The van der Waals surface area contributed by atoms with Crippen LogP contribution in [0.5, 0.6) is 17.2 Å². The van der Waals surface area contributed by atoms with Crippen molar-refractivity contribution in [2.24, 2.45) is 0 Å². The highest BCUT2D eigenvalue weighted by Gasteiger charge is 2.52. The second-order valence-corrected chi connectivity index (χ2v) is 17.4. The van der Waals surface area contributed by atoms with Crippen LogP contribution >= 0.6 is 31.9 Å². The summed E-state index contributed by atoms with van der Waals surface area (Å²) in [6.45, 7) is 18.7. The van der Waals surface area contributed by atoms with Crippen molar-refractivity contribution in [3.05, 3.63) is 63.5 Å². The Kier molecular flexibility index (Phi) is 10.4. The predicted molar refractivity (Wildman–Crippen MR) is 210 cm³/mol. The molecule has 0 saturated carbocycles. The Morgan fingerprint density at radius 3 is 1.52 bits per heavy atom.